The molecule has 2 N–H and O–H groups in total. The van der Waals surface area contributed by atoms with Crippen molar-refractivity contribution in [2.75, 3.05) is 20.1 Å². The summed E-state index contributed by atoms with van der Waals surface area (Å²) in [6, 6.07) is 4.70. The quantitative estimate of drug-likeness (QED) is 0.719. The number of nitrogens with zero attached hydrogens (tertiary/aromatic N) is 1. The molecule has 3 rings (SSSR count). The molecule has 2 unspecified atom stereocenters. The van der Waals surface area contributed by atoms with E-state index in [1.807, 2.05) is 0 Å². The Kier molecular flexibility index (Phi) is 6.41. The summed E-state index contributed by atoms with van der Waals surface area (Å²) in [5.74, 6) is 0.305. The van der Waals surface area contributed by atoms with Crippen LogP contribution in [0.1, 0.15) is 33.1 Å². The van der Waals surface area contributed by atoms with Crippen LogP contribution in [0.5, 0.6) is 0 Å². The molecule has 1 aromatic rings. The van der Waals surface area contributed by atoms with Crippen molar-refractivity contribution >= 4 is 15.9 Å². The number of hydrogen-bond acceptors (Lipinski definition) is 4. The average Bonchev–Trinajstić information content (AvgIpc) is 3.22. The highest BCUT2D eigenvalue weighted by molar-refractivity contribution is 7.89. The SMILES string of the molecule is CN[C@@H](CC(C)C)C(=O)NC1CC[C@H]2CN(S(=O)(=O)c3ccc(F)cc3)CC12. The van der Waals surface area contributed by atoms with Gasteiger partial charge in [-0.25, -0.2) is 12.8 Å². The topological polar surface area (TPSA) is 78.5 Å². The van der Waals surface area contributed by atoms with E-state index in [-0.39, 0.29) is 34.7 Å². The molecule has 0 radical (unpaired) electrons. The van der Waals surface area contributed by atoms with Crippen molar-refractivity contribution in [2.45, 2.75) is 50.1 Å². The van der Waals surface area contributed by atoms with Gasteiger partial charge in [-0.2, -0.15) is 4.31 Å². The van der Waals surface area contributed by atoms with Gasteiger partial charge in [-0.15, -0.1) is 0 Å². The van der Waals surface area contributed by atoms with Crippen molar-refractivity contribution in [3.8, 4) is 0 Å². The van der Waals surface area contributed by atoms with Crippen molar-refractivity contribution in [2.24, 2.45) is 17.8 Å². The first-order valence-corrected chi connectivity index (χ1v) is 11.4. The molecule has 28 heavy (non-hydrogen) atoms. The molecule has 1 heterocycles. The number of carbonyl (C=O) groups excluding carboxylic acids is 1. The zero-order chi connectivity index (χ0) is 20.5. The largest absolute Gasteiger partial charge is 0.352 e. The summed E-state index contributed by atoms with van der Waals surface area (Å²) in [5, 5.41) is 6.23. The summed E-state index contributed by atoms with van der Waals surface area (Å²) < 4.78 is 40.4. The van der Waals surface area contributed by atoms with Crippen molar-refractivity contribution in [3.05, 3.63) is 30.1 Å². The van der Waals surface area contributed by atoms with Crippen LogP contribution in [-0.2, 0) is 14.8 Å². The highest BCUT2D eigenvalue weighted by Gasteiger charge is 2.47. The Labute approximate surface area is 166 Å². The molecule has 1 aliphatic heterocycles. The van der Waals surface area contributed by atoms with E-state index >= 15 is 0 Å². The molecule has 0 spiro atoms. The smallest absolute Gasteiger partial charge is 0.243 e. The van der Waals surface area contributed by atoms with Gasteiger partial charge in [-0.3, -0.25) is 4.79 Å². The van der Waals surface area contributed by atoms with Crippen LogP contribution in [0.4, 0.5) is 4.39 Å². The van der Waals surface area contributed by atoms with Crippen LogP contribution < -0.4 is 10.6 Å². The van der Waals surface area contributed by atoms with Gasteiger partial charge in [-0.05, 0) is 68.3 Å². The molecule has 4 atom stereocenters. The molecular weight excluding hydrogens is 381 g/mol. The van der Waals surface area contributed by atoms with Gasteiger partial charge in [-0.1, -0.05) is 13.8 Å². The summed E-state index contributed by atoms with van der Waals surface area (Å²) in [7, 11) is -1.86. The summed E-state index contributed by atoms with van der Waals surface area (Å²) >= 11 is 0. The molecule has 2 aliphatic rings. The van der Waals surface area contributed by atoms with Crippen molar-refractivity contribution in [1.29, 1.82) is 0 Å². The van der Waals surface area contributed by atoms with Gasteiger partial charge in [0.2, 0.25) is 15.9 Å². The van der Waals surface area contributed by atoms with E-state index in [1.165, 1.54) is 28.6 Å². The monoisotopic (exact) mass is 411 g/mol. The maximum Gasteiger partial charge on any atom is 0.243 e. The Bertz CT molecular complexity index is 797. The second kappa shape index (κ2) is 8.47. The number of benzene rings is 1. The predicted molar refractivity (Wildman–Crippen MR) is 106 cm³/mol. The second-order valence-electron chi connectivity index (χ2n) is 8.36. The summed E-state index contributed by atoms with van der Waals surface area (Å²) in [6.45, 7) is 5.01. The van der Waals surface area contributed by atoms with E-state index in [9.17, 15) is 17.6 Å². The van der Waals surface area contributed by atoms with Gasteiger partial charge in [0.25, 0.3) is 0 Å². The van der Waals surface area contributed by atoms with E-state index in [0.29, 0.717) is 19.0 Å². The van der Waals surface area contributed by atoms with Gasteiger partial charge >= 0.3 is 0 Å². The normalized spacial score (nSPS) is 26.4. The third kappa shape index (κ3) is 4.39. The van der Waals surface area contributed by atoms with E-state index in [4.69, 9.17) is 0 Å². The molecule has 1 aliphatic carbocycles. The van der Waals surface area contributed by atoms with E-state index in [0.717, 1.165) is 19.3 Å². The standard InChI is InChI=1S/C20H30FN3O3S/c1-13(2)10-19(22-3)20(25)23-18-9-4-14-11-24(12-17(14)18)28(26,27)16-7-5-15(21)6-8-16/h5-8,13-14,17-19,22H,4,9-12H2,1-3H3,(H,23,25)/t14-,17?,18?,19-/m0/s1. The van der Waals surface area contributed by atoms with Crippen molar-refractivity contribution in [3.63, 3.8) is 0 Å². The minimum Gasteiger partial charge on any atom is -0.352 e. The molecular formula is C20H30FN3O3S. The van der Waals surface area contributed by atoms with Crippen LogP contribution in [0.15, 0.2) is 29.2 Å². The lowest BCUT2D eigenvalue weighted by Crippen LogP contribution is -2.49. The second-order valence-corrected chi connectivity index (χ2v) is 10.3. The van der Waals surface area contributed by atoms with Crippen molar-refractivity contribution in [1.82, 2.24) is 14.9 Å². The van der Waals surface area contributed by atoms with Gasteiger partial charge < -0.3 is 10.6 Å². The highest BCUT2D eigenvalue weighted by Crippen LogP contribution is 2.40. The molecule has 6 nitrogen and oxygen atoms in total. The molecule has 1 saturated heterocycles. The maximum absolute atomic E-state index is 13.1. The number of amides is 1. The molecule has 0 aromatic heterocycles. The lowest BCUT2D eigenvalue weighted by atomic mass is 9.97. The number of fused-ring (bicyclic) bond motifs is 1. The number of sulfonamides is 1. The van der Waals surface area contributed by atoms with Crippen LogP contribution in [-0.4, -0.2) is 50.9 Å². The minimum atomic E-state index is -3.64. The van der Waals surface area contributed by atoms with Crippen LogP contribution in [0, 0.1) is 23.6 Å². The predicted octanol–water partition coefficient (Wildman–Crippen LogP) is 1.98. The lowest BCUT2D eigenvalue weighted by molar-refractivity contribution is -0.124. The maximum atomic E-state index is 13.1. The van der Waals surface area contributed by atoms with Crippen LogP contribution in [0.2, 0.25) is 0 Å². The summed E-state index contributed by atoms with van der Waals surface area (Å²) in [4.78, 5) is 12.8. The molecule has 8 heteroatoms. The third-order valence-corrected chi connectivity index (χ3v) is 7.82. The van der Waals surface area contributed by atoms with Crippen LogP contribution in [0.25, 0.3) is 0 Å². The summed E-state index contributed by atoms with van der Waals surface area (Å²) in [5.41, 5.74) is 0. The van der Waals surface area contributed by atoms with Gasteiger partial charge in [0, 0.05) is 19.1 Å². The summed E-state index contributed by atoms with van der Waals surface area (Å²) in [6.07, 6.45) is 2.54. The first kappa shape index (κ1) is 21.2. The van der Waals surface area contributed by atoms with E-state index < -0.39 is 15.8 Å². The minimum absolute atomic E-state index is 0.00562. The van der Waals surface area contributed by atoms with E-state index in [1.54, 1.807) is 7.05 Å². The zero-order valence-corrected chi connectivity index (χ0v) is 17.5. The molecule has 1 aromatic carbocycles. The zero-order valence-electron chi connectivity index (χ0n) is 16.7. The van der Waals surface area contributed by atoms with Crippen LogP contribution in [0.3, 0.4) is 0 Å². The molecule has 156 valence electrons. The number of rotatable bonds is 7. The lowest BCUT2D eigenvalue weighted by Gasteiger charge is -2.25. The highest BCUT2D eigenvalue weighted by atomic mass is 32.2. The third-order valence-electron chi connectivity index (χ3n) is 5.97. The fraction of sp³-hybridized carbons (Fsp3) is 0.650. The fourth-order valence-electron chi connectivity index (χ4n) is 4.47. The Balaban J connectivity index is 1.66. The Hall–Kier alpha value is -1.51. The number of likely N-dealkylation sites (N-methyl/N-ethyl adjacent to an activating group) is 1. The van der Waals surface area contributed by atoms with Gasteiger partial charge in [0.05, 0.1) is 10.9 Å². The van der Waals surface area contributed by atoms with Gasteiger partial charge in [0.1, 0.15) is 5.82 Å². The Morgan fingerprint density at radius 1 is 1.21 bits per heavy atom. The Morgan fingerprint density at radius 3 is 2.50 bits per heavy atom. The Morgan fingerprint density at radius 2 is 1.89 bits per heavy atom. The van der Waals surface area contributed by atoms with E-state index in [2.05, 4.69) is 24.5 Å². The first-order valence-electron chi connectivity index (χ1n) is 9.95. The van der Waals surface area contributed by atoms with Crippen molar-refractivity contribution < 1.29 is 17.6 Å². The van der Waals surface area contributed by atoms with Gasteiger partial charge in [0.15, 0.2) is 0 Å². The molecule has 1 saturated carbocycles. The molecule has 0 bridgehead atoms. The first-order chi connectivity index (χ1) is 13.2. The average molecular weight is 412 g/mol. The number of hydrogen-bond donors (Lipinski definition) is 2. The number of halogens is 1. The number of nitrogens with one attached hydrogen (secondary N) is 2. The molecule has 1 amide bonds. The van der Waals surface area contributed by atoms with Crippen LogP contribution >= 0.6 is 0 Å². The molecule has 2 fully saturated rings. The fourth-order valence-corrected chi connectivity index (χ4v) is 6.00. The number of carbonyl (C=O) groups is 1.